The van der Waals surface area contributed by atoms with E-state index in [9.17, 15) is 0 Å². The van der Waals surface area contributed by atoms with Crippen molar-refractivity contribution in [3.63, 3.8) is 0 Å². The Hall–Kier alpha value is -1.82. The van der Waals surface area contributed by atoms with Crippen molar-refractivity contribution in [1.82, 2.24) is 0 Å². The molecular formula is C21H28. The molecular weight excluding hydrogens is 252 g/mol. The number of aryl methyl sites for hydroxylation is 2. The van der Waals surface area contributed by atoms with Crippen LogP contribution in [-0.2, 0) is 5.41 Å². The van der Waals surface area contributed by atoms with E-state index in [-0.39, 0.29) is 5.41 Å². The Bertz CT molecular complexity index is 583. The Balaban J connectivity index is 0.000000219. The molecule has 2 rings (SSSR count). The van der Waals surface area contributed by atoms with Gasteiger partial charge in [0.2, 0.25) is 0 Å². The zero-order chi connectivity index (χ0) is 16.0. The third-order valence-corrected chi connectivity index (χ3v) is 3.64. The molecule has 0 aliphatic rings. The Morgan fingerprint density at radius 2 is 1.43 bits per heavy atom. The van der Waals surface area contributed by atoms with Gasteiger partial charge in [-0.2, -0.15) is 0 Å². The standard InChI is InChI=1S/C12H18.C9H10/c1-9-6-7-11(8-10(9)2)12(3,4)5;1-8(2)9-6-4-3-5-7-9/h6-8H,1-5H3;3-7H,1H2,2H3. The minimum Gasteiger partial charge on any atom is -0.0955 e. The van der Waals surface area contributed by atoms with Crippen LogP contribution in [0.15, 0.2) is 55.1 Å². The van der Waals surface area contributed by atoms with E-state index >= 15 is 0 Å². The van der Waals surface area contributed by atoms with Gasteiger partial charge in [0, 0.05) is 0 Å². The molecule has 112 valence electrons. The van der Waals surface area contributed by atoms with E-state index in [1.165, 1.54) is 22.3 Å². The topological polar surface area (TPSA) is 0 Å². The number of allylic oxidation sites excluding steroid dienone is 1. The van der Waals surface area contributed by atoms with Gasteiger partial charge in [-0.3, -0.25) is 0 Å². The predicted molar refractivity (Wildman–Crippen MR) is 95.8 cm³/mol. The minimum atomic E-state index is 0.276. The summed E-state index contributed by atoms with van der Waals surface area (Å²) >= 11 is 0. The third kappa shape index (κ3) is 5.59. The number of rotatable bonds is 1. The lowest BCUT2D eigenvalue weighted by molar-refractivity contribution is 0.589. The monoisotopic (exact) mass is 280 g/mol. The summed E-state index contributed by atoms with van der Waals surface area (Å²) in [6.07, 6.45) is 0. The van der Waals surface area contributed by atoms with Crippen LogP contribution in [0.4, 0.5) is 0 Å². The smallest absolute Gasteiger partial charge is 0.0132 e. The lowest BCUT2D eigenvalue weighted by atomic mass is 9.85. The fourth-order valence-electron chi connectivity index (χ4n) is 1.93. The first-order chi connectivity index (χ1) is 9.71. The molecule has 0 saturated heterocycles. The molecule has 0 nitrogen and oxygen atoms in total. The van der Waals surface area contributed by atoms with Gasteiger partial charge in [0.1, 0.15) is 0 Å². The maximum atomic E-state index is 3.83. The molecule has 0 bridgehead atoms. The molecule has 0 unspecified atom stereocenters. The molecule has 0 saturated carbocycles. The fraction of sp³-hybridized carbons (Fsp3) is 0.333. The molecule has 0 aromatic heterocycles. The van der Waals surface area contributed by atoms with E-state index in [0.717, 1.165) is 5.57 Å². The highest BCUT2D eigenvalue weighted by Crippen LogP contribution is 2.23. The highest BCUT2D eigenvalue weighted by Gasteiger charge is 2.13. The summed E-state index contributed by atoms with van der Waals surface area (Å²) in [5.41, 5.74) is 6.81. The van der Waals surface area contributed by atoms with E-state index in [1.807, 2.05) is 25.1 Å². The van der Waals surface area contributed by atoms with Crippen molar-refractivity contribution < 1.29 is 0 Å². The maximum absolute atomic E-state index is 3.83. The summed E-state index contributed by atoms with van der Waals surface area (Å²) in [5.74, 6) is 0. The van der Waals surface area contributed by atoms with Crippen LogP contribution in [0.3, 0.4) is 0 Å². The van der Waals surface area contributed by atoms with Gasteiger partial charge in [-0.15, -0.1) is 0 Å². The summed E-state index contributed by atoms with van der Waals surface area (Å²) in [6.45, 7) is 16.9. The molecule has 2 aromatic rings. The summed E-state index contributed by atoms with van der Waals surface area (Å²) in [6, 6.07) is 16.9. The molecule has 21 heavy (non-hydrogen) atoms. The molecule has 0 aliphatic heterocycles. The number of benzene rings is 2. The minimum absolute atomic E-state index is 0.276. The zero-order valence-electron chi connectivity index (χ0n) is 14.3. The second-order valence-electron chi connectivity index (χ2n) is 6.70. The molecule has 0 heteroatoms. The molecule has 0 amide bonds. The van der Waals surface area contributed by atoms with Crippen molar-refractivity contribution in [3.05, 3.63) is 77.4 Å². The highest BCUT2D eigenvalue weighted by atomic mass is 14.2. The highest BCUT2D eigenvalue weighted by molar-refractivity contribution is 5.60. The molecule has 0 aliphatic carbocycles. The van der Waals surface area contributed by atoms with E-state index in [4.69, 9.17) is 0 Å². The van der Waals surface area contributed by atoms with Gasteiger partial charge in [-0.25, -0.2) is 0 Å². The van der Waals surface area contributed by atoms with Gasteiger partial charge in [0.25, 0.3) is 0 Å². The maximum Gasteiger partial charge on any atom is -0.0132 e. The zero-order valence-corrected chi connectivity index (χ0v) is 14.3. The molecule has 0 fully saturated rings. The Labute approximate surface area is 130 Å². The average Bonchev–Trinajstić information content (AvgIpc) is 2.42. The van der Waals surface area contributed by atoms with Crippen LogP contribution in [0.1, 0.15) is 49.9 Å². The van der Waals surface area contributed by atoms with Crippen molar-refractivity contribution in [2.24, 2.45) is 0 Å². The van der Waals surface area contributed by atoms with Crippen LogP contribution in [0, 0.1) is 13.8 Å². The first-order valence-electron chi connectivity index (χ1n) is 7.50. The first kappa shape index (κ1) is 17.2. The number of hydrogen-bond acceptors (Lipinski definition) is 0. The van der Waals surface area contributed by atoms with Crippen molar-refractivity contribution in [2.45, 2.75) is 47.0 Å². The second-order valence-corrected chi connectivity index (χ2v) is 6.70. The van der Waals surface area contributed by atoms with Crippen LogP contribution in [0.5, 0.6) is 0 Å². The second kappa shape index (κ2) is 7.26. The van der Waals surface area contributed by atoms with Gasteiger partial charge in [0.15, 0.2) is 0 Å². The van der Waals surface area contributed by atoms with Gasteiger partial charge in [-0.1, -0.05) is 81.5 Å². The van der Waals surface area contributed by atoms with Crippen LogP contribution in [-0.4, -0.2) is 0 Å². The van der Waals surface area contributed by atoms with Crippen LogP contribution < -0.4 is 0 Å². The van der Waals surface area contributed by atoms with Crippen molar-refractivity contribution in [3.8, 4) is 0 Å². The quantitative estimate of drug-likeness (QED) is 0.573. The van der Waals surface area contributed by atoms with E-state index in [1.54, 1.807) is 0 Å². The van der Waals surface area contributed by atoms with Crippen molar-refractivity contribution in [2.75, 3.05) is 0 Å². The normalized spacial score (nSPS) is 10.6. The molecule has 0 radical (unpaired) electrons. The SMILES string of the molecule is C=C(C)c1ccccc1.Cc1ccc(C(C)(C)C)cc1C. The van der Waals surface area contributed by atoms with Gasteiger partial charge in [-0.05, 0) is 48.4 Å². The van der Waals surface area contributed by atoms with Crippen LogP contribution in [0.2, 0.25) is 0 Å². The Kier molecular flexibility index (Phi) is 5.96. The van der Waals surface area contributed by atoms with Crippen molar-refractivity contribution in [1.29, 1.82) is 0 Å². The molecule has 0 atom stereocenters. The predicted octanol–water partition coefficient (Wildman–Crippen LogP) is 6.32. The van der Waals surface area contributed by atoms with Gasteiger partial charge >= 0.3 is 0 Å². The Morgan fingerprint density at radius 1 is 0.857 bits per heavy atom. The average molecular weight is 280 g/mol. The first-order valence-corrected chi connectivity index (χ1v) is 7.50. The largest absolute Gasteiger partial charge is 0.0955 e. The third-order valence-electron chi connectivity index (χ3n) is 3.64. The van der Waals surface area contributed by atoms with E-state index in [2.05, 4.69) is 71.5 Å². The van der Waals surface area contributed by atoms with Crippen LogP contribution >= 0.6 is 0 Å². The molecule has 0 spiro atoms. The van der Waals surface area contributed by atoms with Gasteiger partial charge in [0.05, 0.1) is 0 Å². The fourth-order valence-corrected chi connectivity index (χ4v) is 1.93. The summed E-state index contributed by atoms with van der Waals surface area (Å²) in [5, 5.41) is 0. The summed E-state index contributed by atoms with van der Waals surface area (Å²) in [4.78, 5) is 0. The summed E-state index contributed by atoms with van der Waals surface area (Å²) < 4.78 is 0. The molecule has 0 heterocycles. The summed E-state index contributed by atoms with van der Waals surface area (Å²) in [7, 11) is 0. The van der Waals surface area contributed by atoms with Gasteiger partial charge < -0.3 is 0 Å². The lowest BCUT2D eigenvalue weighted by Crippen LogP contribution is -2.11. The number of hydrogen-bond donors (Lipinski definition) is 0. The van der Waals surface area contributed by atoms with E-state index in [0.29, 0.717) is 0 Å². The Morgan fingerprint density at radius 3 is 1.81 bits per heavy atom. The molecule has 2 aromatic carbocycles. The van der Waals surface area contributed by atoms with Crippen LogP contribution in [0.25, 0.3) is 5.57 Å². The van der Waals surface area contributed by atoms with Crippen molar-refractivity contribution >= 4 is 5.57 Å². The van der Waals surface area contributed by atoms with E-state index < -0.39 is 0 Å². The molecule has 0 N–H and O–H groups in total. The lowest BCUT2D eigenvalue weighted by Gasteiger charge is -2.19.